The van der Waals surface area contributed by atoms with Crippen LogP contribution in [-0.2, 0) is 6.42 Å². The first-order chi connectivity index (χ1) is 25.3. The molecular weight excluding hydrogens is 633 g/mol. The summed E-state index contributed by atoms with van der Waals surface area (Å²) in [7, 11) is 1.50. The van der Waals surface area contributed by atoms with Crippen LogP contribution in [0.5, 0.6) is 0 Å². The minimum Gasteiger partial charge on any atom is -0.398 e. The highest BCUT2D eigenvalue weighted by atomic mass is 14.9. The maximum absolute atomic E-state index is 6.06. The molecule has 0 fully saturated rings. The molecule has 4 nitrogen and oxygen atoms in total. The van der Waals surface area contributed by atoms with Crippen molar-refractivity contribution >= 4 is 23.7 Å². The number of para-hydroxylation sites is 2. The normalized spacial score (nSPS) is 10.0. The van der Waals surface area contributed by atoms with E-state index in [0.29, 0.717) is 0 Å². The number of hydrogen-bond donors (Lipinski definition) is 4. The summed E-state index contributed by atoms with van der Waals surface area (Å²) in [4.78, 5) is 0. The van der Waals surface area contributed by atoms with E-state index in [1.165, 1.54) is 40.4 Å². The lowest BCUT2D eigenvalue weighted by Crippen LogP contribution is -2.02. The van der Waals surface area contributed by atoms with Gasteiger partial charge in [0.2, 0.25) is 0 Å². The largest absolute Gasteiger partial charge is 0.398 e. The van der Waals surface area contributed by atoms with Gasteiger partial charge in [-0.1, -0.05) is 176 Å². The van der Waals surface area contributed by atoms with E-state index in [4.69, 9.17) is 11.1 Å². The van der Waals surface area contributed by atoms with Crippen LogP contribution in [0.25, 0.3) is 16.7 Å². The second-order valence-corrected chi connectivity index (χ2v) is 11.7. The van der Waals surface area contributed by atoms with Gasteiger partial charge in [0.25, 0.3) is 0 Å². The number of nitrogen functional groups attached to an aromatic ring is 1. The van der Waals surface area contributed by atoms with Crippen molar-refractivity contribution in [2.45, 2.75) is 27.2 Å². The van der Waals surface area contributed by atoms with Gasteiger partial charge in [-0.3, -0.25) is 0 Å². The Balaban J connectivity index is 0.000000281. The molecule has 6 aromatic rings. The number of benzene rings is 6. The Morgan fingerprint density at radius 1 is 0.596 bits per heavy atom. The predicted octanol–water partition coefficient (Wildman–Crippen LogP) is 11.9. The quantitative estimate of drug-likeness (QED) is 0.0730. The van der Waals surface area contributed by atoms with E-state index in [2.05, 4.69) is 136 Å². The summed E-state index contributed by atoms with van der Waals surface area (Å²) in [5.74, 6) is 0. The predicted molar refractivity (Wildman–Crippen MR) is 230 cm³/mol. The maximum atomic E-state index is 6.06. The van der Waals surface area contributed by atoms with Gasteiger partial charge in [-0.25, -0.2) is 0 Å². The summed E-state index contributed by atoms with van der Waals surface area (Å²) in [5, 5.41) is 8.80. The van der Waals surface area contributed by atoms with Gasteiger partial charge in [0.1, 0.15) is 0 Å². The van der Waals surface area contributed by atoms with Crippen molar-refractivity contribution in [1.29, 1.82) is 5.41 Å². The molecule has 0 aliphatic carbocycles. The number of anilines is 2. The van der Waals surface area contributed by atoms with Crippen molar-refractivity contribution in [2.24, 2.45) is 5.73 Å². The van der Waals surface area contributed by atoms with E-state index in [-0.39, 0.29) is 0 Å². The zero-order valence-electron chi connectivity index (χ0n) is 31.1. The third-order valence-corrected chi connectivity index (χ3v) is 7.91. The third-order valence-electron chi connectivity index (χ3n) is 7.91. The molecule has 0 radical (unpaired) electrons. The molecule has 0 unspecified atom stereocenters. The molecule has 0 aliphatic heterocycles. The van der Waals surface area contributed by atoms with Crippen molar-refractivity contribution < 1.29 is 0 Å². The van der Waals surface area contributed by atoms with E-state index in [0.717, 1.165) is 40.2 Å². The third kappa shape index (κ3) is 14.3. The molecule has 266 valence electrons. The molecule has 0 atom stereocenters. The van der Waals surface area contributed by atoms with Crippen LogP contribution in [-0.4, -0.2) is 13.8 Å². The van der Waals surface area contributed by atoms with Crippen molar-refractivity contribution in [3.05, 3.63) is 222 Å². The molecule has 0 heterocycles. The van der Waals surface area contributed by atoms with E-state index < -0.39 is 0 Å². The standard InChI is InChI=1S/C20H18.C19H20N2.C7H8.CH5N.CH3N/c1-16-7-11-19(12-8-16)20-13-9-18(10-14-20)15-17-5-3-2-4-6-17;1-4-17(18-12-8-9-13-19(18)20)14(2)15(3)21-16-10-6-5-7-11-16;1-7-5-3-2-4-6-7;2*1-2/h2-14H,15H2,1H3;4-13,21H,1,3,20H2,2H3;2-6H,1H3;2H2,1H3;2H,1H2/b;17-14-;;;. The Kier molecular flexibility index (Phi) is 19.4. The molecule has 0 bridgehead atoms. The van der Waals surface area contributed by atoms with Crippen LogP contribution in [0, 0.1) is 19.3 Å². The minimum atomic E-state index is 0.735. The Bertz CT molecular complexity index is 1910. The zero-order valence-corrected chi connectivity index (χ0v) is 31.1. The lowest BCUT2D eigenvalue weighted by Gasteiger charge is -2.15. The molecule has 4 heteroatoms. The van der Waals surface area contributed by atoms with Crippen molar-refractivity contribution in [3.63, 3.8) is 0 Å². The smallest absolute Gasteiger partial charge is 0.0393 e. The first-order valence-electron chi connectivity index (χ1n) is 17.2. The van der Waals surface area contributed by atoms with Crippen LogP contribution in [0.4, 0.5) is 11.4 Å². The van der Waals surface area contributed by atoms with E-state index in [9.17, 15) is 0 Å². The molecule has 6 aromatic carbocycles. The lowest BCUT2D eigenvalue weighted by atomic mass is 9.97. The van der Waals surface area contributed by atoms with Gasteiger partial charge in [-0.15, -0.1) is 0 Å². The summed E-state index contributed by atoms with van der Waals surface area (Å²) < 4.78 is 0. The fraction of sp³-hybridized carbons (Fsp3) is 0.104. The van der Waals surface area contributed by atoms with Crippen molar-refractivity contribution in [3.8, 4) is 11.1 Å². The molecule has 6 rings (SSSR count). The SMILES string of the molecule is C=C/C(=C(\C)C(=C)Nc1ccccc1)c1ccccc1N.C=N.CN.Cc1ccc(-c2ccc(Cc3ccccc3)cc2)cc1.Cc1ccccc1. The minimum absolute atomic E-state index is 0.735. The topological polar surface area (TPSA) is 87.9 Å². The summed E-state index contributed by atoms with van der Waals surface area (Å²) in [6.07, 6.45) is 2.81. The van der Waals surface area contributed by atoms with Gasteiger partial charge in [0, 0.05) is 22.6 Å². The van der Waals surface area contributed by atoms with E-state index in [1.54, 1.807) is 0 Å². The fourth-order valence-corrected chi connectivity index (χ4v) is 5.09. The molecule has 0 spiro atoms. The van der Waals surface area contributed by atoms with Crippen LogP contribution in [0.1, 0.15) is 34.7 Å². The Hall–Kier alpha value is -6.23. The Morgan fingerprint density at radius 3 is 1.50 bits per heavy atom. The molecule has 0 saturated heterocycles. The second kappa shape index (κ2) is 24.0. The molecule has 6 N–H and O–H groups in total. The highest BCUT2D eigenvalue weighted by molar-refractivity contribution is 5.85. The van der Waals surface area contributed by atoms with Gasteiger partial charge >= 0.3 is 0 Å². The molecule has 0 aliphatic rings. The molecule has 52 heavy (non-hydrogen) atoms. The Morgan fingerprint density at radius 2 is 1.02 bits per heavy atom. The summed E-state index contributed by atoms with van der Waals surface area (Å²) in [6.45, 7) is 16.7. The van der Waals surface area contributed by atoms with Crippen LogP contribution < -0.4 is 16.8 Å². The zero-order chi connectivity index (χ0) is 38.1. The number of aryl methyl sites for hydroxylation is 2. The lowest BCUT2D eigenvalue weighted by molar-refractivity contribution is 1.19. The number of rotatable bonds is 8. The van der Waals surface area contributed by atoms with Gasteiger partial charge in [0.05, 0.1) is 0 Å². The Labute approximate surface area is 312 Å². The highest BCUT2D eigenvalue weighted by Crippen LogP contribution is 2.28. The van der Waals surface area contributed by atoms with Crippen LogP contribution in [0.15, 0.2) is 194 Å². The van der Waals surface area contributed by atoms with Crippen LogP contribution >= 0.6 is 0 Å². The first kappa shape index (κ1) is 41.9. The van der Waals surface area contributed by atoms with Gasteiger partial charge < -0.3 is 22.2 Å². The summed E-state index contributed by atoms with van der Waals surface area (Å²) in [5.41, 5.74) is 24.0. The monoisotopic (exact) mass is 686 g/mol. The van der Waals surface area contributed by atoms with Crippen molar-refractivity contribution in [2.75, 3.05) is 18.1 Å². The van der Waals surface area contributed by atoms with Gasteiger partial charge in [-0.2, -0.15) is 0 Å². The fourth-order valence-electron chi connectivity index (χ4n) is 5.09. The maximum Gasteiger partial charge on any atom is 0.0393 e. The molecule has 0 saturated carbocycles. The van der Waals surface area contributed by atoms with Crippen molar-refractivity contribution in [1.82, 2.24) is 0 Å². The van der Waals surface area contributed by atoms with Crippen LogP contribution in [0.3, 0.4) is 0 Å². The van der Waals surface area contributed by atoms with E-state index in [1.807, 2.05) is 85.8 Å². The summed E-state index contributed by atoms with van der Waals surface area (Å²) in [6, 6.07) is 56.1. The average Bonchev–Trinajstić information content (AvgIpc) is 3.20. The van der Waals surface area contributed by atoms with Crippen LogP contribution in [0.2, 0.25) is 0 Å². The molecule has 0 aromatic heterocycles. The van der Waals surface area contributed by atoms with Gasteiger partial charge in [-0.05, 0) is 92.6 Å². The highest BCUT2D eigenvalue weighted by Gasteiger charge is 2.08. The second-order valence-electron chi connectivity index (χ2n) is 11.7. The number of hydrogen-bond acceptors (Lipinski definition) is 4. The van der Waals surface area contributed by atoms with E-state index >= 15 is 0 Å². The number of allylic oxidation sites excluding steroid dienone is 3. The molecule has 0 amide bonds. The number of nitrogens with one attached hydrogen (secondary N) is 2. The molecular formula is C48H54N4. The summed E-state index contributed by atoms with van der Waals surface area (Å²) >= 11 is 0. The first-order valence-corrected chi connectivity index (χ1v) is 17.2. The number of nitrogens with two attached hydrogens (primary N) is 2. The average molecular weight is 687 g/mol. The van der Waals surface area contributed by atoms with Gasteiger partial charge in [0.15, 0.2) is 0 Å².